The van der Waals surface area contributed by atoms with Crippen molar-refractivity contribution < 1.29 is 22.7 Å². The fourth-order valence-corrected chi connectivity index (χ4v) is 2.39. The monoisotopic (exact) mass is 296 g/mol. The maximum absolute atomic E-state index is 12.3. The van der Waals surface area contributed by atoms with Crippen LogP contribution in [0.5, 0.6) is 0 Å². The summed E-state index contributed by atoms with van der Waals surface area (Å²) >= 11 is 0. The summed E-state index contributed by atoms with van der Waals surface area (Å²) in [4.78, 5) is 13.3. The SMILES string of the molecule is CCOC(=O)N1CC(NCC(F)(F)F)CC(C(C)C)C1. The third-order valence-electron chi connectivity index (χ3n) is 3.54. The molecule has 1 saturated heterocycles. The minimum atomic E-state index is -4.24. The largest absolute Gasteiger partial charge is 0.450 e. The van der Waals surface area contributed by atoms with E-state index in [1.54, 1.807) is 6.92 Å². The topological polar surface area (TPSA) is 41.6 Å². The molecule has 1 heterocycles. The van der Waals surface area contributed by atoms with Gasteiger partial charge in [0.05, 0.1) is 13.2 Å². The number of carbonyl (C=O) groups is 1. The second kappa shape index (κ2) is 7.15. The van der Waals surface area contributed by atoms with Crippen LogP contribution in [0.2, 0.25) is 0 Å². The average molecular weight is 296 g/mol. The van der Waals surface area contributed by atoms with E-state index in [1.165, 1.54) is 4.90 Å². The van der Waals surface area contributed by atoms with Crippen LogP contribution in [0.15, 0.2) is 0 Å². The van der Waals surface area contributed by atoms with E-state index in [2.05, 4.69) is 5.32 Å². The molecule has 4 nitrogen and oxygen atoms in total. The van der Waals surface area contributed by atoms with E-state index in [0.717, 1.165) is 0 Å². The third kappa shape index (κ3) is 5.56. The van der Waals surface area contributed by atoms with Crippen molar-refractivity contribution in [3.8, 4) is 0 Å². The molecule has 0 radical (unpaired) electrons. The van der Waals surface area contributed by atoms with Crippen LogP contribution in [0.4, 0.5) is 18.0 Å². The number of rotatable bonds is 4. The van der Waals surface area contributed by atoms with E-state index in [0.29, 0.717) is 18.9 Å². The summed E-state index contributed by atoms with van der Waals surface area (Å²) in [5, 5.41) is 2.50. The van der Waals surface area contributed by atoms with Gasteiger partial charge < -0.3 is 15.0 Å². The van der Waals surface area contributed by atoms with E-state index < -0.39 is 18.8 Å². The normalized spacial score (nSPS) is 24.1. The Hall–Kier alpha value is -0.980. The Kier molecular flexibility index (Phi) is 6.10. The van der Waals surface area contributed by atoms with Crippen LogP contribution in [0.25, 0.3) is 0 Å². The summed E-state index contributed by atoms with van der Waals surface area (Å²) in [6, 6.07) is -0.345. The highest BCUT2D eigenvalue weighted by molar-refractivity contribution is 5.67. The molecule has 1 rings (SSSR count). The van der Waals surface area contributed by atoms with Crippen LogP contribution in [0, 0.1) is 11.8 Å². The summed E-state index contributed by atoms with van der Waals surface area (Å²) in [5.74, 6) is 0.487. The minimum Gasteiger partial charge on any atom is -0.450 e. The Morgan fingerprint density at radius 3 is 2.55 bits per heavy atom. The molecule has 1 N–H and O–H groups in total. The van der Waals surface area contributed by atoms with Crippen LogP contribution in [-0.2, 0) is 4.74 Å². The summed E-state index contributed by atoms with van der Waals surface area (Å²) in [7, 11) is 0. The molecule has 0 bridgehead atoms. The lowest BCUT2D eigenvalue weighted by Crippen LogP contribution is -2.53. The van der Waals surface area contributed by atoms with Gasteiger partial charge in [-0.15, -0.1) is 0 Å². The molecule has 1 aliphatic heterocycles. The fourth-order valence-electron chi connectivity index (χ4n) is 2.39. The molecule has 0 spiro atoms. The van der Waals surface area contributed by atoms with Crippen molar-refractivity contribution in [2.45, 2.75) is 39.4 Å². The van der Waals surface area contributed by atoms with Gasteiger partial charge in [-0.2, -0.15) is 13.2 Å². The lowest BCUT2D eigenvalue weighted by atomic mass is 9.85. The standard InChI is InChI=1S/C13H23F3N2O2/c1-4-20-12(19)18-6-10(9(2)3)5-11(7-18)17-8-13(14,15)16/h9-11,17H,4-8H2,1-3H3. The zero-order valence-electron chi connectivity index (χ0n) is 12.2. The van der Waals surface area contributed by atoms with E-state index in [-0.39, 0.29) is 25.1 Å². The highest BCUT2D eigenvalue weighted by Gasteiger charge is 2.34. The first-order valence-electron chi connectivity index (χ1n) is 6.94. The number of nitrogens with one attached hydrogen (secondary N) is 1. The van der Waals surface area contributed by atoms with Crippen molar-refractivity contribution in [2.24, 2.45) is 11.8 Å². The summed E-state index contributed by atoms with van der Waals surface area (Å²) < 4.78 is 41.8. The first-order valence-corrected chi connectivity index (χ1v) is 6.94. The molecular formula is C13H23F3N2O2. The smallest absolute Gasteiger partial charge is 0.409 e. The molecule has 1 fully saturated rings. The highest BCUT2D eigenvalue weighted by atomic mass is 19.4. The number of amides is 1. The number of piperidine rings is 1. The predicted molar refractivity (Wildman–Crippen MR) is 69.4 cm³/mol. The van der Waals surface area contributed by atoms with Gasteiger partial charge in [0.15, 0.2) is 0 Å². The summed E-state index contributed by atoms with van der Waals surface area (Å²) in [5.41, 5.74) is 0. The van der Waals surface area contributed by atoms with Gasteiger partial charge in [0.1, 0.15) is 0 Å². The van der Waals surface area contributed by atoms with Crippen molar-refractivity contribution in [1.29, 1.82) is 0 Å². The van der Waals surface area contributed by atoms with Gasteiger partial charge >= 0.3 is 12.3 Å². The quantitative estimate of drug-likeness (QED) is 0.867. The van der Waals surface area contributed by atoms with E-state index in [4.69, 9.17) is 4.74 Å². The van der Waals surface area contributed by atoms with Crippen LogP contribution < -0.4 is 5.32 Å². The predicted octanol–water partition coefficient (Wildman–Crippen LogP) is 2.64. The molecule has 2 atom stereocenters. The molecule has 118 valence electrons. The zero-order valence-corrected chi connectivity index (χ0v) is 12.2. The minimum absolute atomic E-state index is 0.180. The van der Waals surface area contributed by atoms with Crippen molar-refractivity contribution in [3.05, 3.63) is 0 Å². The Labute approximate surface area is 117 Å². The van der Waals surface area contributed by atoms with Gasteiger partial charge in [-0.1, -0.05) is 13.8 Å². The second-order valence-corrected chi connectivity index (χ2v) is 5.54. The van der Waals surface area contributed by atoms with E-state index in [9.17, 15) is 18.0 Å². The molecule has 2 unspecified atom stereocenters. The molecule has 0 aromatic rings. The molecule has 0 saturated carbocycles. The Balaban J connectivity index is 2.63. The van der Waals surface area contributed by atoms with E-state index in [1.807, 2.05) is 13.8 Å². The van der Waals surface area contributed by atoms with Crippen molar-refractivity contribution >= 4 is 6.09 Å². The van der Waals surface area contributed by atoms with Gasteiger partial charge in [-0.05, 0) is 25.2 Å². The summed E-state index contributed by atoms with van der Waals surface area (Å²) in [6.07, 6.45) is -4.04. The van der Waals surface area contributed by atoms with Gasteiger partial charge in [-0.25, -0.2) is 4.79 Å². The third-order valence-corrected chi connectivity index (χ3v) is 3.54. The van der Waals surface area contributed by atoms with Crippen LogP contribution in [0.3, 0.4) is 0 Å². The lowest BCUT2D eigenvalue weighted by Gasteiger charge is -2.39. The zero-order chi connectivity index (χ0) is 15.3. The van der Waals surface area contributed by atoms with Crippen LogP contribution in [-0.4, -0.2) is 49.5 Å². The number of hydrogen-bond donors (Lipinski definition) is 1. The number of carbonyl (C=O) groups excluding carboxylic acids is 1. The molecule has 1 aliphatic rings. The molecule has 0 aromatic carbocycles. The molecule has 1 amide bonds. The first kappa shape index (κ1) is 17.1. The van der Waals surface area contributed by atoms with E-state index >= 15 is 0 Å². The molecule has 7 heteroatoms. The maximum Gasteiger partial charge on any atom is 0.409 e. The highest BCUT2D eigenvalue weighted by Crippen LogP contribution is 2.25. The van der Waals surface area contributed by atoms with Crippen molar-refractivity contribution in [1.82, 2.24) is 10.2 Å². The first-order chi connectivity index (χ1) is 9.23. The maximum atomic E-state index is 12.3. The Morgan fingerprint density at radius 1 is 1.40 bits per heavy atom. The second-order valence-electron chi connectivity index (χ2n) is 5.54. The number of halogens is 3. The Bertz CT molecular complexity index is 321. The van der Waals surface area contributed by atoms with Crippen molar-refractivity contribution in [2.75, 3.05) is 26.2 Å². The number of ether oxygens (including phenoxy) is 1. The number of likely N-dealkylation sites (tertiary alicyclic amines) is 1. The van der Waals surface area contributed by atoms with Gasteiger partial charge in [-0.3, -0.25) is 0 Å². The van der Waals surface area contributed by atoms with Gasteiger partial charge in [0.2, 0.25) is 0 Å². The van der Waals surface area contributed by atoms with Crippen LogP contribution >= 0.6 is 0 Å². The lowest BCUT2D eigenvalue weighted by molar-refractivity contribution is -0.127. The van der Waals surface area contributed by atoms with Crippen molar-refractivity contribution in [3.63, 3.8) is 0 Å². The van der Waals surface area contributed by atoms with Gasteiger partial charge in [0.25, 0.3) is 0 Å². The molecule has 0 aromatic heterocycles. The molecular weight excluding hydrogens is 273 g/mol. The molecule has 20 heavy (non-hydrogen) atoms. The fraction of sp³-hybridized carbons (Fsp3) is 0.923. The van der Waals surface area contributed by atoms with Gasteiger partial charge in [0, 0.05) is 19.1 Å². The van der Waals surface area contributed by atoms with Crippen LogP contribution in [0.1, 0.15) is 27.2 Å². The number of nitrogens with zero attached hydrogens (tertiary/aromatic N) is 1. The Morgan fingerprint density at radius 2 is 2.05 bits per heavy atom. The summed E-state index contributed by atoms with van der Waals surface area (Å²) in [6.45, 7) is 5.78. The number of hydrogen-bond acceptors (Lipinski definition) is 3. The molecule has 0 aliphatic carbocycles. The number of alkyl halides is 3. The average Bonchev–Trinajstić information content (AvgIpc) is 2.35.